The molecule has 0 aliphatic heterocycles. The summed E-state index contributed by atoms with van der Waals surface area (Å²) >= 11 is 0. The molecule has 0 aliphatic rings. The number of aromatic nitrogens is 2. The van der Waals surface area contributed by atoms with Crippen LogP contribution in [0, 0.1) is 0 Å². The molecule has 0 radical (unpaired) electrons. The van der Waals surface area contributed by atoms with Gasteiger partial charge in [0.1, 0.15) is 18.1 Å². The van der Waals surface area contributed by atoms with Gasteiger partial charge in [-0.05, 0) is 58.9 Å². The summed E-state index contributed by atoms with van der Waals surface area (Å²) < 4.78 is 6.96. The molecule has 0 bridgehead atoms. The van der Waals surface area contributed by atoms with Crippen molar-refractivity contribution in [2.75, 3.05) is 24.3 Å². The Balaban J connectivity index is 2.16. The predicted octanol–water partition coefficient (Wildman–Crippen LogP) is 4.83. The normalized spacial score (nSPS) is 11.9. The van der Waals surface area contributed by atoms with Gasteiger partial charge in [0.2, 0.25) is 5.91 Å². The number of anilines is 2. The standard InChI is InChI=1S/C24H37N5O3/c1-16(2)28(22(31)25-17-10-12-18(32-9)13-11-17)15-21(30)26-20-14-19(23(3,4)5)27-29(20)24(6,7)8/h10-14,16H,15H2,1-9H3,(H,25,31)(H,26,30). The van der Waals surface area contributed by atoms with Gasteiger partial charge in [-0.3, -0.25) is 4.79 Å². The molecule has 2 N–H and O–H groups in total. The second-order valence-electron chi connectivity index (χ2n) is 10.2. The second kappa shape index (κ2) is 9.63. The zero-order chi connectivity index (χ0) is 24.3. The lowest BCUT2D eigenvalue weighted by Gasteiger charge is -2.27. The minimum atomic E-state index is -0.347. The summed E-state index contributed by atoms with van der Waals surface area (Å²) in [6.07, 6.45) is 0. The molecule has 8 heteroatoms. The monoisotopic (exact) mass is 443 g/mol. The highest BCUT2D eigenvalue weighted by atomic mass is 16.5. The summed E-state index contributed by atoms with van der Waals surface area (Å²) in [4.78, 5) is 27.2. The third-order valence-corrected chi connectivity index (χ3v) is 4.92. The first kappa shape index (κ1) is 25.2. The van der Waals surface area contributed by atoms with Crippen molar-refractivity contribution in [2.45, 2.75) is 72.4 Å². The van der Waals surface area contributed by atoms with Crippen LogP contribution < -0.4 is 15.4 Å². The Bertz CT molecular complexity index is 934. The molecule has 2 aromatic rings. The maximum absolute atomic E-state index is 12.9. The fourth-order valence-corrected chi connectivity index (χ4v) is 3.04. The maximum atomic E-state index is 12.9. The lowest BCUT2D eigenvalue weighted by molar-refractivity contribution is -0.117. The largest absolute Gasteiger partial charge is 0.497 e. The number of hydrogen-bond donors (Lipinski definition) is 2. The van der Waals surface area contributed by atoms with E-state index in [1.165, 1.54) is 4.90 Å². The number of carbonyl (C=O) groups excluding carboxylic acids is 2. The molecule has 2 rings (SSSR count). The highest BCUT2D eigenvalue weighted by Crippen LogP contribution is 2.28. The van der Waals surface area contributed by atoms with E-state index < -0.39 is 0 Å². The number of urea groups is 1. The number of ether oxygens (including phenoxy) is 1. The van der Waals surface area contributed by atoms with Crippen molar-refractivity contribution >= 4 is 23.4 Å². The average molecular weight is 444 g/mol. The minimum absolute atomic E-state index is 0.0835. The summed E-state index contributed by atoms with van der Waals surface area (Å²) in [5.41, 5.74) is 1.05. The molecule has 1 aromatic carbocycles. The lowest BCUT2D eigenvalue weighted by Crippen LogP contribution is -2.45. The first-order chi connectivity index (χ1) is 14.7. The minimum Gasteiger partial charge on any atom is -0.497 e. The summed E-state index contributed by atoms with van der Waals surface area (Å²) in [6.45, 7) is 16.0. The van der Waals surface area contributed by atoms with Crippen LogP contribution in [0.4, 0.5) is 16.3 Å². The van der Waals surface area contributed by atoms with Crippen molar-refractivity contribution in [2.24, 2.45) is 0 Å². The van der Waals surface area contributed by atoms with E-state index in [0.29, 0.717) is 17.3 Å². The van der Waals surface area contributed by atoms with Crippen molar-refractivity contribution in [3.05, 3.63) is 36.0 Å². The van der Waals surface area contributed by atoms with Gasteiger partial charge in [-0.1, -0.05) is 20.8 Å². The van der Waals surface area contributed by atoms with Crippen LogP contribution in [-0.2, 0) is 15.7 Å². The topological polar surface area (TPSA) is 88.5 Å². The van der Waals surface area contributed by atoms with Gasteiger partial charge >= 0.3 is 6.03 Å². The van der Waals surface area contributed by atoms with Crippen LogP contribution in [0.1, 0.15) is 61.1 Å². The fourth-order valence-electron chi connectivity index (χ4n) is 3.04. The van der Waals surface area contributed by atoms with E-state index >= 15 is 0 Å². The molecule has 0 saturated heterocycles. The zero-order valence-electron chi connectivity index (χ0n) is 20.7. The van der Waals surface area contributed by atoms with E-state index in [4.69, 9.17) is 9.84 Å². The Kier molecular flexibility index (Phi) is 7.59. The third kappa shape index (κ3) is 6.48. The average Bonchev–Trinajstić information content (AvgIpc) is 3.11. The van der Waals surface area contributed by atoms with E-state index in [2.05, 4.69) is 31.4 Å². The molecule has 0 spiro atoms. The molecule has 0 atom stereocenters. The van der Waals surface area contributed by atoms with Crippen LogP contribution in [0.5, 0.6) is 5.75 Å². The Morgan fingerprint density at radius 1 is 1.06 bits per heavy atom. The summed E-state index contributed by atoms with van der Waals surface area (Å²) in [5.74, 6) is 1.04. The zero-order valence-corrected chi connectivity index (χ0v) is 20.7. The van der Waals surface area contributed by atoms with Crippen molar-refractivity contribution in [3.8, 4) is 5.75 Å². The molecule has 8 nitrogen and oxygen atoms in total. The highest BCUT2D eigenvalue weighted by Gasteiger charge is 2.27. The Morgan fingerprint density at radius 3 is 2.12 bits per heavy atom. The number of methoxy groups -OCH3 is 1. The molecule has 0 fully saturated rings. The van der Waals surface area contributed by atoms with Gasteiger partial charge in [0.05, 0.1) is 18.3 Å². The summed E-state index contributed by atoms with van der Waals surface area (Å²) in [5, 5.41) is 10.5. The van der Waals surface area contributed by atoms with Crippen LogP contribution in [0.2, 0.25) is 0 Å². The summed E-state index contributed by atoms with van der Waals surface area (Å²) in [6, 6.07) is 8.43. The molecule has 1 aromatic heterocycles. The molecule has 3 amide bonds. The van der Waals surface area contributed by atoms with E-state index in [1.807, 2.05) is 45.4 Å². The van der Waals surface area contributed by atoms with Crippen LogP contribution in [-0.4, -0.2) is 46.3 Å². The van der Waals surface area contributed by atoms with Gasteiger partial charge in [0.15, 0.2) is 0 Å². The molecule has 0 unspecified atom stereocenters. The molecule has 176 valence electrons. The Hall–Kier alpha value is -3.03. The number of amides is 3. The maximum Gasteiger partial charge on any atom is 0.322 e. The Morgan fingerprint density at radius 2 is 1.66 bits per heavy atom. The quantitative estimate of drug-likeness (QED) is 0.670. The third-order valence-electron chi connectivity index (χ3n) is 4.92. The van der Waals surface area contributed by atoms with Crippen molar-refractivity contribution < 1.29 is 14.3 Å². The van der Waals surface area contributed by atoms with Crippen LogP contribution >= 0.6 is 0 Å². The van der Waals surface area contributed by atoms with Crippen LogP contribution in [0.15, 0.2) is 30.3 Å². The number of benzene rings is 1. The van der Waals surface area contributed by atoms with Gasteiger partial charge in [0.25, 0.3) is 0 Å². The molecule has 32 heavy (non-hydrogen) atoms. The number of rotatable bonds is 6. The molecule has 0 saturated carbocycles. The van der Waals surface area contributed by atoms with Crippen LogP contribution in [0.25, 0.3) is 0 Å². The van der Waals surface area contributed by atoms with E-state index in [9.17, 15) is 9.59 Å². The van der Waals surface area contributed by atoms with Gasteiger partial charge in [-0.15, -0.1) is 0 Å². The van der Waals surface area contributed by atoms with Crippen molar-refractivity contribution in [1.82, 2.24) is 14.7 Å². The second-order valence-corrected chi connectivity index (χ2v) is 10.2. The smallest absolute Gasteiger partial charge is 0.322 e. The lowest BCUT2D eigenvalue weighted by atomic mass is 9.92. The number of hydrogen-bond acceptors (Lipinski definition) is 4. The Labute approximate surface area is 191 Å². The fraction of sp³-hybridized carbons (Fsp3) is 0.542. The van der Waals surface area contributed by atoms with E-state index in [0.717, 1.165) is 5.69 Å². The molecular formula is C24H37N5O3. The highest BCUT2D eigenvalue weighted by molar-refractivity contribution is 5.96. The van der Waals surface area contributed by atoms with Crippen molar-refractivity contribution in [1.29, 1.82) is 0 Å². The summed E-state index contributed by atoms with van der Waals surface area (Å²) in [7, 11) is 1.59. The molecule has 0 aliphatic carbocycles. The van der Waals surface area contributed by atoms with Gasteiger partial charge in [-0.25, -0.2) is 9.48 Å². The van der Waals surface area contributed by atoms with Gasteiger partial charge in [0, 0.05) is 23.2 Å². The van der Waals surface area contributed by atoms with Crippen molar-refractivity contribution in [3.63, 3.8) is 0 Å². The SMILES string of the molecule is COc1ccc(NC(=O)N(CC(=O)Nc2cc(C(C)(C)C)nn2C(C)(C)C)C(C)C)cc1. The number of carbonyl (C=O) groups is 2. The number of nitrogens with one attached hydrogen (secondary N) is 2. The van der Waals surface area contributed by atoms with E-state index in [-0.39, 0.29) is 35.5 Å². The van der Waals surface area contributed by atoms with Gasteiger partial charge in [-0.2, -0.15) is 5.10 Å². The number of nitrogens with zero attached hydrogens (tertiary/aromatic N) is 3. The van der Waals surface area contributed by atoms with Gasteiger partial charge < -0.3 is 20.3 Å². The predicted molar refractivity (Wildman–Crippen MR) is 128 cm³/mol. The van der Waals surface area contributed by atoms with E-state index in [1.54, 1.807) is 31.4 Å². The molecular weight excluding hydrogens is 406 g/mol. The first-order valence-electron chi connectivity index (χ1n) is 10.8. The molecule has 1 heterocycles. The van der Waals surface area contributed by atoms with Crippen LogP contribution in [0.3, 0.4) is 0 Å². The first-order valence-corrected chi connectivity index (χ1v) is 10.8.